The molecule has 17 heavy (non-hydrogen) atoms. The number of rotatable bonds is 4. The Kier molecular flexibility index (Phi) is 4.99. The second-order valence-electron chi connectivity index (χ2n) is 3.50. The zero-order valence-corrected chi connectivity index (χ0v) is 10.7. The monoisotopic (exact) mass is 251 g/mol. The number of ether oxygens (including phenoxy) is 1. The van der Waals surface area contributed by atoms with Crippen LogP contribution in [0.3, 0.4) is 0 Å². The first kappa shape index (κ1) is 13.5. The lowest BCUT2D eigenvalue weighted by molar-refractivity contribution is -0.142. The molecule has 0 aromatic heterocycles. The third-order valence-corrected chi connectivity index (χ3v) is 2.83. The number of hydrogen-bond acceptors (Lipinski definition) is 3. The van der Waals surface area contributed by atoms with Crippen LogP contribution in [0.1, 0.15) is 30.5 Å². The predicted octanol–water partition coefficient (Wildman–Crippen LogP) is 2.88. The zero-order valence-electron chi connectivity index (χ0n) is 9.92. The number of hydrogen-bond donors (Lipinski definition) is 0. The molecule has 0 bridgehead atoms. The first-order valence-electron chi connectivity index (χ1n) is 5.50. The van der Waals surface area contributed by atoms with Gasteiger partial charge in [0.2, 0.25) is 0 Å². The van der Waals surface area contributed by atoms with Crippen molar-refractivity contribution < 1.29 is 9.53 Å². The highest BCUT2D eigenvalue weighted by molar-refractivity contribution is 6.31. The topological polar surface area (TPSA) is 50.1 Å². The Morgan fingerprint density at radius 3 is 2.65 bits per heavy atom. The van der Waals surface area contributed by atoms with Gasteiger partial charge in [0, 0.05) is 5.02 Å². The van der Waals surface area contributed by atoms with E-state index in [1.807, 2.05) is 6.92 Å². The van der Waals surface area contributed by atoms with Crippen molar-refractivity contribution >= 4 is 17.6 Å². The first-order valence-corrected chi connectivity index (χ1v) is 5.87. The minimum atomic E-state index is -0.320. The van der Waals surface area contributed by atoms with Crippen LogP contribution in [0.4, 0.5) is 0 Å². The molecule has 3 nitrogen and oxygen atoms in total. The number of nitriles is 1. The van der Waals surface area contributed by atoms with Gasteiger partial charge >= 0.3 is 5.97 Å². The Hall–Kier alpha value is -1.53. The Morgan fingerprint density at radius 1 is 1.41 bits per heavy atom. The maximum absolute atomic E-state index is 11.5. The molecule has 0 aliphatic rings. The maximum Gasteiger partial charge on any atom is 0.310 e. The molecule has 0 saturated heterocycles. The fraction of sp³-hybridized carbons (Fsp3) is 0.385. The molecule has 1 aromatic rings. The molecule has 1 rings (SSSR count). The lowest BCUT2D eigenvalue weighted by Gasteiger charge is -2.11. The lowest BCUT2D eigenvalue weighted by atomic mass is 9.97. The van der Waals surface area contributed by atoms with E-state index in [1.54, 1.807) is 19.1 Å². The molecule has 0 unspecified atom stereocenters. The van der Waals surface area contributed by atoms with Gasteiger partial charge in [-0.25, -0.2) is 0 Å². The number of esters is 1. The van der Waals surface area contributed by atoms with Gasteiger partial charge in [0.1, 0.15) is 0 Å². The summed E-state index contributed by atoms with van der Waals surface area (Å²) in [6.07, 6.45) is 0.781. The second-order valence-corrected chi connectivity index (χ2v) is 3.91. The smallest absolute Gasteiger partial charge is 0.310 e. The number of benzene rings is 1. The minimum absolute atomic E-state index is 0.116. The van der Waals surface area contributed by atoms with E-state index >= 15 is 0 Å². The van der Waals surface area contributed by atoms with Crippen LogP contribution >= 0.6 is 11.6 Å². The fourth-order valence-electron chi connectivity index (χ4n) is 1.72. The Labute approximate surface area is 106 Å². The first-order chi connectivity index (χ1) is 8.13. The van der Waals surface area contributed by atoms with E-state index in [0.29, 0.717) is 29.2 Å². The van der Waals surface area contributed by atoms with Crippen molar-refractivity contribution in [2.75, 3.05) is 6.61 Å². The van der Waals surface area contributed by atoms with Crippen molar-refractivity contribution in [2.24, 2.45) is 0 Å². The lowest BCUT2D eigenvalue weighted by Crippen LogP contribution is -2.10. The standard InChI is InChI=1S/C13H14ClNO2/c1-3-10-9(8-15)5-6-12(14)11(10)7-13(16)17-4-2/h5-6H,3-4,7H2,1-2H3. The van der Waals surface area contributed by atoms with E-state index in [-0.39, 0.29) is 12.4 Å². The predicted molar refractivity (Wildman–Crippen MR) is 65.9 cm³/mol. The highest BCUT2D eigenvalue weighted by Gasteiger charge is 2.14. The van der Waals surface area contributed by atoms with Crippen LogP contribution in [-0.4, -0.2) is 12.6 Å². The van der Waals surface area contributed by atoms with Gasteiger partial charge in [-0.15, -0.1) is 0 Å². The summed E-state index contributed by atoms with van der Waals surface area (Å²) >= 11 is 6.06. The molecule has 0 radical (unpaired) electrons. The molecular weight excluding hydrogens is 238 g/mol. The molecule has 0 aliphatic heterocycles. The number of carbonyl (C=O) groups is 1. The molecular formula is C13H14ClNO2. The minimum Gasteiger partial charge on any atom is -0.466 e. The summed E-state index contributed by atoms with van der Waals surface area (Å²) in [6.45, 7) is 4.03. The van der Waals surface area contributed by atoms with Gasteiger partial charge < -0.3 is 4.74 Å². The van der Waals surface area contributed by atoms with Gasteiger partial charge in [-0.05, 0) is 36.6 Å². The van der Waals surface area contributed by atoms with Crippen molar-refractivity contribution in [1.82, 2.24) is 0 Å². The average Bonchev–Trinajstić information content (AvgIpc) is 2.31. The fourth-order valence-corrected chi connectivity index (χ4v) is 1.96. The van der Waals surface area contributed by atoms with Crippen LogP contribution in [0, 0.1) is 11.3 Å². The largest absolute Gasteiger partial charge is 0.466 e. The summed E-state index contributed by atoms with van der Waals surface area (Å²) in [5.74, 6) is -0.320. The van der Waals surface area contributed by atoms with E-state index in [1.165, 1.54) is 0 Å². The van der Waals surface area contributed by atoms with E-state index in [0.717, 1.165) is 5.56 Å². The summed E-state index contributed by atoms with van der Waals surface area (Å²) < 4.78 is 4.89. The van der Waals surface area contributed by atoms with Crippen LogP contribution in [0.5, 0.6) is 0 Å². The Morgan fingerprint density at radius 2 is 2.12 bits per heavy atom. The Bertz CT molecular complexity index is 463. The molecule has 0 saturated carbocycles. The van der Waals surface area contributed by atoms with Crippen molar-refractivity contribution in [1.29, 1.82) is 5.26 Å². The number of halogens is 1. The van der Waals surface area contributed by atoms with Gasteiger partial charge in [0.15, 0.2) is 0 Å². The Balaban J connectivity index is 3.13. The van der Waals surface area contributed by atoms with Gasteiger partial charge in [-0.1, -0.05) is 18.5 Å². The molecule has 1 aromatic carbocycles. The molecule has 0 aliphatic carbocycles. The average molecular weight is 252 g/mol. The van der Waals surface area contributed by atoms with Crippen LogP contribution in [0.2, 0.25) is 5.02 Å². The number of carbonyl (C=O) groups excluding carboxylic acids is 1. The zero-order chi connectivity index (χ0) is 12.8. The third kappa shape index (κ3) is 3.21. The van der Waals surface area contributed by atoms with Crippen LogP contribution in [-0.2, 0) is 22.4 Å². The molecule has 0 fully saturated rings. The summed E-state index contributed by atoms with van der Waals surface area (Å²) in [7, 11) is 0. The SMILES string of the molecule is CCOC(=O)Cc1c(Cl)ccc(C#N)c1CC. The van der Waals surface area contributed by atoms with Gasteiger partial charge in [0.05, 0.1) is 24.7 Å². The van der Waals surface area contributed by atoms with Crippen LogP contribution < -0.4 is 0 Å². The molecule has 0 heterocycles. The van der Waals surface area contributed by atoms with Gasteiger partial charge in [0.25, 0.3) is 0 Å². The van der Waals surface area contributed by atoms with E-state index in [9.17, 15) is 4.79 Å². The van der Waals surface area contributed by atoms with Crippen LogP contribution in [0.15, 0.2) is 12.1 Å². The molecule has 0 spiro atoms. The maximum atomic E-state index is 11.5. The molecule has 90 valence electrons. The molecule has 0 atom stereocenters. The molecule has 0 N–H and O–H groups in total. The normalized spacial score (nSPS) is 9.76. The van der Waals surface area contributed by atoms with Gasteiger partial charge in [-0.3, -0.25) is 4.79 Å². The van der Waals surface area contributed by atoms with Crippen molar-refractivity contribution in [3.05, 3.63) is 33.8 Å². The van der Waals surface area contributed by atoms with Crippen LogP contribution in [0.25, 0.3) is 0 Å². The van der Waals surface area contributed by atoms with E-state index in [2.05, 4.69) is 6.07 Å². The summed E-state index contributed by atoms with van der Waals surface area (Å²) in [5.41, 5.74) is 2.09. The van der Waals surface area contributed by atoms with E-state index < -0.39 is 0 Å². The summed E-state index contributed by atoms with van der Waals surface area (Å²) in [5, 5.41) is 9.50. The highest BCUT2D eigenvalue weighted by atomic mass is 35.5. The quantitative estimate of drug-likeness (QED) is 0.773. The molecule has 0 amide bonds. The third-order valence-electron chi connectivity index (χ3n) is 2.47. The highest BCUT2D eigenvalue weighted by Crippen LogP contribution is 2.24. The molecule has 4 heteroatoms. The summed E-state index contributed by atoms with van der Waals surface area (Å²) in [6, 6.07) is 5.43. The second kappa shape index (κ2) is 6.27. The van der Waals surface area contributed by atoms with Crippen molar-refractivity contribution in [3.63, 3.8) is 0 Å². The summed E-state index contributed by atoms with van der Waals surface area (Å²) in [4.78, 5) is 11.5. The van der Waals surface area contributed by atoms with Crippen molar-refractivity contribution in [3.8, 4) is 6.07 Å². The number of nitrogens with zero attached hydrogens (tertiary/aromatic N) is 1. The van der Waals surface area contributed by atoms with E-state index in [4.69, 9.17) is 21.6 Å². The van der Waals surface area contributed by atoms with Crippen molar-refractivity contribution in [2.45, 2.75) is 26.7 Å². The van der Waals surface area contributed by atoms with Gasteiger partial charge in [-0.2, -0.15) is 5.26 Å².